The minimum atomic E-state index is -0.423. The summed E-state index contributed by atoms with van der Waals surface area (Å²) in [5, 5.41) is 14.3. The number of carbonyl (C=O) groups is 1. The number of aryl methyl sites for hydroxylation is 1. The van der Waals surface area contributed by atoms with Crippen molar-refractivity contribution in [3.8, 4) is 5.75 Å². The molecule has 0 saturated carbocycles. The molecule has 1 aliphatic rings. The largest absolute Gasteiger partial charge is 0.487 e. The van der Waals surface area contributed by atoms with Gasteiger partial charge in [0.2, 0.25) is 0 Å². The predicted molar refractivity (Wildman–Crippen MR) is 151 cm³/mol. The fourth-order valence-electron chi connectivity index (χ4n) is 3.08. The van der Waals surface area contributed by atoms with Crippen molar-refractivity contribution in [3.05, 3.63) is 99.5 Å². The van der Waals surface area contributed by atoms with E-state index in [2.05, 4.69) is 55.5 Å². The molecule has 4 rings (SSSR count). The van der Waals surface area contributed by atoms with Crippen LogP contribution < -0.4 is 10.1 Å². The van der Waals surface area contributed by atoms with Crippen LogP contribution in [0.2, 0.25) is 0 Å². The van der Waals surface area contributed by atoms with Gasteiger partial charge in [-0.05, 0) is 105 Å². The maximum atomic E-state index is 12.4. The summed E-state index contributed by atoms with van der Waals surface area (Å²) in [6.07, 6.45) is 1.83. The van der Waals surface area contributed by atoms with E-state index in [0.717, 1.165) is 24.0 Å². The number of carbonyl (C=O) groups excluding carboxylic acids is 1. The third kappa shape index (κ3) is 6.16. The van der Waals surface area contributed by atoms with Crippen molar-refractivity contribution in [2.75, 3.05) is 0 Å². The Bertz CT molecular complexity index is 1320. The molecule has 0 radical (unpaired) electrons. The average molecular weight is 697 g/mol. The number of amidine groups is 1. The Hall–Kier alpha value is -2.45. The van der Waals surface area contributed by atoms with Gasteiger partial charge in [-0.2, -0.15) is 0 Å². The van der Waals surface area contributed by atoms with E-state index >= 15 is 0 Å². The highest BCUT2D eigenvalue weighted by molar-refractivity contribution is 14.1. The van der Waals surface area contributed by atoms with Gasteiger partial charge in [-0.25, -0.2) is 4.99 Å². The molecule has 172 valence electrons. The fourth-order valence-corrected chi connectivity index (χ4v) is 6.05. The van der Waals surface area contributed by atoms with E-state index in [0.29, 0.717) is 21.4 Å². The van der Waals surface area contributed by atoms with Crippen LogP contribution in [-0.4, -0.2) is 16.0 Å². The molecule has 0 aromatic heterocycles. The Morgan fingerprint density at radius 1 is 1.12 bits per heavy atom. The Morgan fingerprint density at radius 3 is 2.50 bits per heavy atom. The van der Waals surface area contributed by atoms with Crippen LogP contribution in [0.15, 0.2) is 70.6 Å². The monoisotopic (exact) mass is 697 g/mol. The van der Waals surface area contributed by atoms with Gasteiger partial charge >= 0.3 is 0 Å². The molecule has 10 heteroatoms. The number of benzene rings is 3. The minimum Gasteiger partial charge on any atom is -0.487 e. The number of nitrogens with zero attached hydrogens (tertiary/aromatic N) is 2. The van der Waals surface area contributed by atoms with Crippen molar-refractivity contribution < 1.29 is 14.5 Å². The number of nitro benzene ring substituents is 1. The number of hydrogen-bond acceptors (Lipinski definition) is 6. The van der Waals surface area contributed by atoms with Crippen molar-refractivity contribution >= 4 is 85.5 Å². The van der Waals surface area contributed by atoms with E-state index < -0.39 is 4.92 Å². The molecule has 0 atom stereocenters. The van der Waals surface area contributed by atoms with Gasteiger partial charge in [0.1, 0.15) is 12.4 Å². The molecular weight excluding hydrogens is 680 g/mol. The standard InChI is InChI=1S/C24H17I2N3O4S/c1-14-5-7-17(8-6-14)27-24-28-23(30)21(34-24)12-16-10-19(25)22(20(26)11-16)33-13-15-3-2-4-18(9-15)29(31)32/h2-12H,13H2,1H3,(H,27,28,30)/b21-12+. The van der Waals surface area contributed by atoms with E-state index in [1.807, 2.05) is 49.4 Å². The zero-order valence-electron chi connectivity index (χ0n) is 17.7. The third-order valence-corrected chi connectivity index (χ3v) is 7.25. The van der Waals surface area contributed by atoms with Gasteiger partial charge in [-0.1, -0.05) is 29.8 Å². The van der Waals surface area contributed by atoms with Crippen LogP contribution in [0.5, 0.6) is 5.75 Å². The van der Waals surface area contributed by atoms with E-state index in [1.54, 1.807) is 12.1 Å². The number of amides is 1. The Kier molecular flexibility index (Phi) is 7.88. The molecule has 0 bridgehead atoms. The molecule has 0 spiro atoms. The number of thioether (sulfide) groups is 1. The van der Waals surface area contributed by atoms with Crippen molar-refractivity contribution in [3.63, 3.8) is 0 Å². The Balaban J connectivity index is 1.49. The lowest BCUT2D eigenvalue weighted by Crippen LogP contribution is -2.19. The van der Waals surface area contributed by atoms with Crippen molar-refractivity contribution in [2.45, 2.75) is 13.5 Å². The summed E-state index contributed by atoms with van der Waals surface area (Å²) in [5.41, 5.74) is 3.54. The number of nitrogens with one attached hydrogen (secondary N) is 1. The molecule has 7 nitrogen and oxygen atoms in total. The summed E-state index contributed by atoms with van der Waals surface area (Å²) in [6.45, 7) is 2.22. The van der Waals surface area contributed by atoms with Gasteiger partial charge in [-0.15, -0.1) is 0 Å². The number of non-ortho nitro benzene ring substituents is 1. The van der Waals surface area contributed by atoms with Crippen LogP contribution in [0.1, 0.15) is 16.7 Å². The molecule has 1 N–H and O–H groups in total. The lowest BCUT2D eigenvalue weighted by molar-refractivity contribution is -0.384. The number of nitro groups is 1. The maximum Gasteiger partial charge on any atom is 0.269 e. The van der Waals surface area contributed by atoms with Crippen LogP contribution in [0.3, 0.4) is 0 Å². The molecule has 1 saturated heterocycles. The van der Waals surface area contributed by atoms with Crippen LogP contribution in [0, 0.1) is 24.2 Å². The van der Waals surface area contributed by atoms with E-state index in [4.69, 9.17) is 4.74 Å². The zero-order valence-corrected chi connectivity index (χ0v) is 22.9. The number of rotatable bonds is 6. The highest BCUT2D eigenvalue weighted by Gasteiger charge is 2.24. The summed E-state index contributed by atoms with van der Waals surface area (Å²) in [5.74, 6) is 0.506. The third-order valence-electron chi connectivity index (χ3n) is 4.74. The molecule has 1 fully saturated rings. The normalized spacial score (nSPS) is 15.6. The number of ether oxygens (including phenoxy) is 1. The topological polar surface area (TPSA) is 93.8 Å². The maximum absolute atomic E-state index is 12.4. The highest BCUT2D eigenvalue weighted by atomic mass is 127. The lowest BCUT2D eigenvalue weighted by atomic mass is 10.2. The van der Waals surface area contributed by atoms with Gasteiger partial charge in [0.25, 0.3) is 11.6 Å². The Labute approximate surface area is 227 Å². The molecule has 34 heavy (non-hydrogen) atoms. The lowest BCUT2D eigenvalue weighted by Gasteiger charge is -2.11. The second-order valence-electron chi connectivity index (χ2n) is 7.35. The smallest absolute Gasteiger partial charge is 0.269 e. The van der Waals surface area contributed by atoms with Crippen molar-refractivity contribution in [1.82, 2.24) is 5.32 Å². The van der Waals surface area contributed by atoms with Crippen molar-refractivity contribution in [1.29, 1.82) is 0 Å². The minimum absolute atomic E-state index is 0.0325. The molecular formula is C24H17I2N3O4S. The Morgan fingerprint density at radius 2 is 1.82 bits per heavy atom. The molecule has 1 aliphatic heterocycles. The number of hydrogen-bond donors (Lipinski definition) is 1. The zero-order chi connectivity index (χ0) is 24.2. The van der Waals surface area contributed by atoms with Crippen LogP contribution >= 0.6 is 56.9 Å². The molecule has 1 amide bonds. The highest BCUT2D eigenvalue weighted by Crippen LogP contribution is 2.33. The first-order valence-corrected chi connectivity index (χ1v) is 13.0. The molecule has 0 unspecified atom stereocenters. The van der Waals surface area contributed by atoms with E-state index in [9.17, 15) is 14.9 Å². The van der Waals surface area contributed by atoms with Gasteiger partial charge < -0.3 is 10.1 Å². The quantitative estimate of drug-likeness (QED) is 0.136. The summed E-state index contributed by atoms with van der Waals surface area (Å²) in [4.78, 5) is 28.1. The van der Waals surface area contributed by atoms with Crippen LogP contribution in [0.25, 0.3) is 6.08 Å². The van der Waals surface area contributed by atoms with E-state index in [1.165, 1.54) is 23.9 Å². The number of halogens is 2. The first-order valence-electron chi connectivity index (χ1n) is 10.00. The molecule has 1 heterocycles. The van der Waals surface area contributed by atoms with Crippen LogP contribution in [0.4, 0.5) is 11.4 Å². The van der Waals surface area contributed by atoms with Gasteiger partial charge in [-0.3, -0.25) is 14.9 Å². The first kappa shape index (κ1) is 24.7. The fraction of sp³-hybridized carbons (Fsp3) is 0.0833. The average Bonchev–Trinajstić information content (AvgIpc) is 3.13. The number of aliphatic imine (C=N–C) groups is 1. The second kappa shape index (κ2) is 10.9. The van der Waals surface area contributed by atoms with Crippen LogP contribution in [-0.2, 0) is 11.4 Å². The SMILES string of the molecule is Cc1ccc(N=C2NC(=O)/C(=C\c3cc(I)c(OCc4cccc([N+](=O)[O-])c4)c(I)c3)S2)cc1. The predicted octanol–water partition coefficient (Wildman–Crippen LogP) is 6.58. The summed E-state index contributed by atoms with van der Waals surface area (Å²) < 4.78 is 7.71. The molecule has 3 aromatic rings. The molecule has 0 aliphatic carbocycles. The second-order valence-corrected chi connectivity index (χ2v) is 10.7. The summed E-state index contributed by atoms with van der Waals surface area (Å²) in [7, 11) is 0. The van der Waals surface area contributed by atoms with Gasteiger partial charge in [0.15, 0.2) is 5.17 Å². The van der Waals surface area contributed by atoms with Gasteiger partial charge in [0.05, 0.1) is 22.7 Å². The summed E-state index contributed by atoms with van der Waals surface area (Å²) >= 11 is 5.67. The molecule has 3 aromatic carbocycles. The van der Waals surface area contributed by atoms with E-state index in [-0.39, 0.29) is 18.2 Å². The van der Waals surface area contributed by atoms with Gasteiger partial charge in [0, 0.05) is 12.1 Å². The summed E-state index contributed by atoms with van der Waals surface area (Å²) in [6, 6.07) is 18.0. The van der Waals surface area contributed by atoms with Crippen molar-refractivity contribution in [2.24, 2.45) is 4.99 Å². The first-order chi connectivity index (χ1) is 16.3.